The summed E-state index contributed by atoms with van der Waals surface area (Å²) in [5.74, 6) is -0.281. The van der Waals surface area contributed by atoms with Crippen molar-refractivity contribution in [1.82, 2.24) is 10.6 Å². The maximum atomic E-state index is 11.7. The van der Waals surface area contributed by atoms with Crippen LogP contribution in [0.3, 0.4) is 0 Å². The molecule has 0 spiro atoms. The van der Waals surface area contributed by atoms with Gasteiger partial charge in [-0.1, -0.05) is 51.1 Å². The first kappa shape index (κ1) is 18.2. The molecule has 0 saturated heterocycles. The van der Waals surface area contributed by atoms with Crippen molar-refractivity contribution in [1.29, 1.82) is 0 Å². The lowest BCUT2D eigenvalue weighted by atomic mass is 9.89. The quantitative estimate of drug-likeness (QED) is 0.709. The largest absolute Gasteiger partial charge is 0.391 e. The van der Waals surface area contributed by atoms with Crippen LogP contribution in [0, 0.1) is 5.41 Å². The van der Waals surface area contributed by atoms with Crippen molar-refractivity contribution in [2.45, 2.75) is 39.7 Å². The number of carbonyl (C=O) groups is 2. The van der Waals surface area contributed by atoms with Crippen molar-refractivity contribution >= 4 is 11.8 Å². The third kappa shape index (κ3) is 7.22. The molecule has 0 bridgehead atoms. The summed E-state index contributed by atoms with van der Waals surface area (Å²) in [7, 11) is 0. The second-order valence-corrected chi connectivity index (χ2v) is 6.45. The van der Waals surface area contributed by atoms with Crippen LogP contribution in [0.5, 0.6) is 0 Å². The van der Waals surface area contributed by atoms with Gasteiger partial charge in [-0.15, -0.1) is 0 Å². The molecule has 0 aliphatic carbocycles. The predicted octanol–water partition coefficient (Wildman–Crippen LogP) is 1.26. The number of nitrogens with one attached hydrogen (secondary N) is 2. The Kier molecular flexibility index (Phi) is 7.05. The number of rotatable bonds is 7. The van der Waals surface area contributed by atoms with Crippen LogP contribution in [0.15, 0.2) is 30.3 Å². The molecule has 5 nitrogen and oxygen atoms in total. The highest BCUT2D eigenvalue weighted by molar-refractivity contribution is 5.80. The summed E-state index contributed by atoms with van der Waals surface area (Å²) in [6, 6.07) is 9.45. The molecule has 0 aromatic heterocycles. The molecule has 1 aromatic carbocycles. The number of aliphatic hydroxyl groups excluding tert-OH is 1. The number of carbonyl (C=O) groups excluding carboxylic acids is 2. The number of hydrogen-bond acceptors (Lipinski definition) is 3. The number of aliphatic hydroxyl groups is 1. The first-order valence-electron chi connectivity index (χ1n) is 7.54. The second kappa shape index (κ2) is 8.54. The fourth-order valence-electron chi connectivity index (χ4n) is 1.76. The zero-order valence-electron chi connectivity index (χ0n) is 13.6. The molecule has 1 rings (SSSR count). The van der Waals surface area contributed by atoms with E-state index in [9.17, 15) is 14.7 Å². The standard InChI is InChI=1S/C17H26N2O3/c1-17(2,3)14(20)12-19-15(21)9-10-18-16(22)11-13-7-5-4-6-8-13/h4-8,14,20H,9-12H2,1-3H3,(H,18,22)(H,19,21). The third-order valence-corrected chi connectivity index (χ3v) is 3.37. The van der Waals surface area contributed by atoms with Crippen molar-refractivity contribution < 1.29 is 14.7 Å². The van der Waals surface area contributed by atoms with Crippen LogP contribution < -0.4 is 10.6 Å². The van der Waals surface area contributed by atoms with E-state index in [0.717, 1.165) is 5.56 Å². The van der Waals surface area contributed by atoms with Gasteiger partial charge in [-0.25, -0.2) is 0 Å². The van der Waals surface area contributed by atoms with Crippen LogP contribution in [-0.4, -0.2) is 36.1 Å². The zero-order chi connectivity index (χ0) is 16.6. The molecule has 122 valence electrons. The van der Waals surface area contributed by atoms with Gasteiger partial charge in [0.15, 0.2) is 0 Å². The maximum Gasteiger partial charge on any atom is 0.224 e. The van der Waals surface area contributed by atoms with Crippen LogP contribution in [0.4, 0.5) is 0 Å². The monoisotopic (exact) mass is 306 g/mol. The third-order valence-electron chi connectivity index (χ3n) is 3.37. The first-order chi connectivity index (χ1) is 10.3. The maximum absolute atomic E-state index is 11.7. The summed E-state index contributed by atoms with van der Waals surface area (Å²) in [4.78, 5) is 23.3. The van der Waals surface area contributed by atoms with Gasteiger partial charge in [0.25, 0.3) is 0 Å². The molecule has 1 aromatic rings. The highest BCUT2D eigenvalue weighted by Crippen LogP contribution is 2.17. The average molecular weight is 306 g/mol. The molecule has 5 heteroatoms. The minimum absolute atomic E-state index is 0.103. The van der Waals surface area contributed by atoms with Gasteiger partial charge in [-0.05, 0) is 11.0 Å². The highest BCUT2D eigenvalue weighted by atomic mass is 16.3. The Bertz CT molecular complexity index is 480. The van der Waals surface area contributed by atoms with E-state index in [1.165, 1.54) is 0 Å². The van der Waals surface area contributed by atoms with Gasteiger partial charge in [-0.3, -0.25) is 9.59 Å². The van der Waals surface area contributed by atoms with Crippen LogP contribution in [0.2, 0.25) is 0 Å². The van der Waals surface area contributed by atoms with Crippen molar-refractivity contribution in [3.8, 4) is 0 Å². The predicted molar refractivity (Wildman–Crippen MR) is 86.2 cm³/mol. The van der Waals surface area contributed by atoms with E-state index in [-0.39, 0.29) is 30.2 Å². The molecule has 0 radical (unpaired) electrons. The number of hydrogen-bond donors (Lipinski definition) is 3. The molecule has 1 unspecified atom stereocenters. The van der Waals surface area contributed by atoms with Crippen molar-refractivity contribution in [3.63, 3.8) is 0 Å². The molecule has 0 aliphatic heterocycles. The van der Waals surface area contributed by atoms with Crippen LogP contribution in [0.1, 0.15) is 32.8 Å². The summed E-state index contributed by atoms with van der Waals surface area (Å²) in [6.45, 7) is 6.25. The summed E-state index contributed by atoms with van der Waals surface area (Å²) in [5.41, 5.74) is 0.676. The Morgan fingerprint density at radius 1 is 1.09 bits per heavy atom. The number of benzene rings is 1. The minimum Gasteiger partial charge on any atom is -0.391 e. The Morgan fingerprint density at radius 2 is 1.73 bits per heavy atom. The normalized spacial score (nSPS) is 12.5. The molecule has 2 amide bonds. The van der Waals surface area contributed by atoms with E-state index in [1.54, 1.807) is 0 Å². The van der Waals surface area contributed by atoms with Crippen molar-refractivity contribution in [2.24, 2.45) is 5.41 Å². The van der Waals surface area contributed by atoms with Crippen molar-refractivity contribution in [2.75, 3.05) is 13.1 Å². The van der Waals surface area contributed by atoms with Crippen LogP contribution >= 0.6 is 0 Å². The summed E-state index contributed by atoms with van der Waals surface area (Å²) in [6.07, 6.45) is -0.0769. The lowest BCUT2D eigenvalue weighted by Crippen LogP contribution is -2.40. The Labute approximate surface area is 132 Å². The fourth-order valence-corrected chi connectivity index (χ4v) is 1.76. The van der Waals surface area contributed by atoms with E-state index in [0.29, 0.717) is 13.0 Å². The minimum atomic E-state index is -0.593. The van der Waals surface area contributed by atoms with Gasteiger partial charge in [0, 0.05) is 19.5 Å². The Balaban J connectivity index is 2.18. The molecular weight excluding hydrogens is 280 g/mol. The smallest absolute Gasteiger partial charge is 0.224 e. The summed E-state index contributed by atoms with van der Waals surface area (Å²) >= 11 is 0. The Hall–Kier alpha value is -1.88. The van der Waals surface area contributed by atoms with Gasteiger partial charge in [0.05, 0.1) is 12.5 Å². The fraction of sp³-hybridized carbons (Fsp3) is 0.529. The molecule has 0 fully saturated rings. The number of amides is 2. The van der Waals surface area contributed by atoms with Gasteiger partial charge in [0.1, 0.15) is 0 Å². The van der Waals surface area contributed by atoms with E-state index >= 15 is 0 Å². The van der Waals surface area contributed by atoms with Crippen molar-refractivity contribution in [3.05, 3.63) is 35.9 Å². The highest BCUT2D eigenvalue weighted by Gasteiger charge is 2.22. The van der Waals surface area contributed by atoms with E-state index in [2.05, 4.69) is 10.6 Å². The average Bonchev–Trinajstić information content (AvgIpc) is 2.44. The van der Waals surface area contributed by atoms with Gasteiger partial charge in [-0.2, -0.15) is 0 Å². The lowest BCUT2D eigenvalue weighted by molar-refractivity contribution is -0.122. The second-order valence-electron chi connectivity index (χ2n) is 6.45. The van der Waals surface area contributed by atoms with E-state index in [1.807, 2.05) is 51.1 Å². The van der Waals surface area contributed by atoms with Gasteiger partial charge in [0.2, 0.25) is 11.8 Å². The molecule has 0 heterocycles. The lowest BCUT2D eigenvalue weighted by Gasteiger charge is -2.25. The van der Waals surface area contributed by atoms with Crippen LogP contribution in [-0.2, 0) is 16.0 Å². The molecule has 22 heavy (non-hydrogen) atoms. The Morgan fingerprint density at radius 3 is 2.32 bits per heavy atom. The van der Waals surface area contributed by atoms with Gasteiger partial charge < -0.3 is 15.7 Å². The molecular formula is C17H26N2O3. The first-order valence-corrected chi connectivity index (χ1v) is 7.54. The summed E-state index contributed by atoms with van der Waals surface area (Å²) < 4.78 is 0. The zero-order valence-corrected chi connectivity index (χ0v) is 13.6. The SMILES string of the molecule is CC(C)(C)C(O)CNC(=O)CCNC(=O)Cc1ccccc1. The van der Waals surface area contributed by atoms with Crippen LogP contribution in [0.25, 0.3) is 0 Å². The molecule has 0 saturated carbocycles. The molecule has 1 atom stereocenters. The summed E-state index contributed by atoms with van der Waals surface area (Å²) in [5, 5.41) is 15.2. The topological polar surface area (TPSA) is 78.4 Å². The van der Waals surface area contributed by atoms with E-state index < -0.39 is 6.10 Å². The van der Waals surface area contributed by atoms with E-state index in [4.69, 9.17) is 0 Å². The van der Waals surface area contributed by atoms with Gasteiger partial charge >= 0.3 is 0 Å². The molecule has 0 aliphatic rings. The molecule has 3 N–H and O–H groups in total.